The predicted molar refractivity (Wildman–Crippen MR) is 146 cm³/mol. The van der Waals surface area contributed by atoms with Crippen molar-refractivity contribution in [3.8, 4) is 0 Å². The van der Waals surface area contributed by atoms with E-state index in [2.05, 4.69) is 20.6 Å². The van der Waals surface area contributed by atoms with Crippen LogP contribution in [0, 0.1) is 11.7 Å². The molecular formula is C28H29FN6O2S. The Bertz CT molecular complexity index is 1460. The number of benzene rings is 3. The highest BCUT2D eigenvalue weighted by Gasteiger charge is 2.32. The number of piperidine rings is 1. The van der Waals surface area contributed by atoms with Crippen LogP contribution < -0.4 is 16.4 Å². The van der Waals surface area contributed by atoms with Crippen LogP contribution in [-0.4, -0.2) is 35.8 Å². The first-order chi connectivity index (χ1) is 18.4. The van der Waals surface area contributed by atoms with Crippen molar-refractivity contribution >= 4 is 33.2 Å². The number of rotatable bonds is 8. The third kappa shape index (κ3) is 5.99. The molecule has 1 aliphatic rings. The van der Waals surface area contributed by atoms with E-state index in [0.717, 1.165) is 5.56 Å². The molecule has 0 unspecified atom stereocenters. The number of halogens is 1. The summed E-state index contributed by atoms with van der Waals surface area (Å²) in [5.74, 6) is 0.791. The van der Waals surface area contributed by atoms with Crippen molar-refractivity contribution < 1.29 is 12.8 Å². The maximum atomic E-state index is 13.3. The zero-order valence-electron chi connectivity index (χ0n) is 20.7. The predicted octanol–water partition coefficient (Wildman–Crippen LogP) is 5.20. The summed E-state index contributed by atoms with van der Waals surface area (Å²) in [6.07, 6.45) is 3.02. The number of nitrogens with two attached hydrogens (primary N) is 1. The molecule has 0 radical (unpaired) electrons. The van der Waals surface area contributed by atoms with Crippen molar-refractivity contribution in [2.24, 2.45) is 11.7 Å². The van der Waals surface area contributed by atoms with Crippen molar-refractivity contribution in [2.45, 2.75) is 23.8 Å². The minimum absolute atomic E-state index is 0.0991. The van der Waals surface area contributed by atoms with Crippen LogP contribution in [0.15, 0.2) is 96.0 Å². The van der Waals surface area contributed by atoms with E-state index in [4.69, 9.17) is 5.73 Å². The molecule has 0 spiro atoms. The van der Waals surface area contributed by atoms with Crippen LogP contribution in [0.5, 0.6) is 0 Å². The van der Waals surface area contributed by atoms with Crippen molar-refractivity contribution in [3.05, 3.63) is 103 Å². The quantitative estimate of drug-likeness (QED) is 0.286. The van der Waals surface area contributed by atoms with Gasteiger partial charge >= 0.3 is 0 Å². The molecule has 3 aromatic carbocycles. The van der Waals surface area contributed by atoms with Crippen molar-refractivity contribution in [1.29, 1.82) is 0 Å². The molecule has 0 amide bonds. The number of aromatic nitrogens is 2. The SMILES string of the molecule is N[C@@H](c1ccccc1)C1CCN(S(=O)(=O)c2ccc(Nc3nccc(Nc4ccc(F)cc4)n3)cc2)CC1. The summed E-state index contributed by atoms with van der Waals surface area (Å²) in [4.78, 5) is 8.87. The average Bonchev–Trinajstić information content (AvgIpc) is 2.95. The Hall–Kier alpha value is -3.86. The van der Waals surface area contributed by atoms with E-state index in [1.54, 1.807) is 48.7 Å². The number of nitrogens with one attached hydrogen (secondary N) is 2. The van der Waals surface area contributed by atoms with Crippen LogP contribution in [0.4, 0.5) is 27.5 Å². The normalized spacial score (nSPS) is 15.6. The molecule has 1 aromatic heterocycles. The number of anilines is 4. The van der Waals surface area contributed by atoms with Gasteiger partial charge in [0.1, 0.15) is 11.6 Å². The van der Waals surface area contributed by atoms with E-state index in [0.29, 0.717) is 49.1 Å². The maximum Gasteiger partial charge on any atom is 0.243 e. The minimum atomic E-state index is -3.61. The summed E-state index contributed by atoms with van der Waals surface area (Å²) in [5, 5.41) is 6.18. The molecule has 38 heavy (non-hydrogen) atoms. The van der Waals surface area contributed by atoms with Gasteiger partial charge in [-0.05, 0) is 78.9 Å². The number of hydrogen-bond acceptors (Lipinski definition) is 7. The largest absolute Gasteiger partial charge is 0.340 e. The first-order valence-electron chi connectivity index (χ1n) is 12.4. The summed E-state index contributed by atoms with van der Waals surface area (Å²) in [6.45, 7) is 0.879. The Morgan fingerprint density at radius 2 is 1.50 bits per heavy atom. The van der Waals surface area contributed by atoms with Gasteiger partial charge < -0.3 is 16.4 Å². The van der Waals surface area contributed by atoms with Crippen LogP contribution >= 0.6 is 0 Å². The second-order valence-electron chi connectivity index (χ2n) is 9.22. The minimum Gasteiger partial charge on any atom is -0.340 e. The Morgan fingerprint density at radius 1 is 0.868 bits per heavy atom. The molecule has 2 heterocycles. The highest BCUT2D eigenvalue weighted by Crippen LogP contribution is 2.31. The monoisotopic (exact) mass is 532 g/mol. The van der Waals surface area contributed by atoms with Crippen molar-refractivity contribution in [3.63, 3.8) is 0 Å². The fourth-order valence-electron chi connectivity index (χ4n) is 4.58. The molecular weight excluding hydrogens is 503 g/mol. The van der Waals surface area contributed by atoms with E-state index in [1.807, 2.05) is 30.3 Å². The van der Waals surface area contributed by atoms with Gasteiger partial charge in [0.2, 0.25) is 16.0 Å². The molecule has 4 aromatic rings. The number of sulfonamides is 1. The smallest absolute Gasteiger partial charge is 0.243 e. The van der Waals surface area contributed by atoms with E-state index >= 15 is 0 Å². The first kappa shape index (κ1) is 25.8. The van der Waals surface area contributed by atoms with Gasteiger partial charge in [0, 0.05) is 36.7 Å². The molecule has 1 fully saturated rings. The molecule has 0 aliphatic carbocycles. The lowest BCUT2D eigenvalue weighted by Gasteiger charge is -2.34. The Balaban J connectivity index is 1.20. The van der Waals surface area contributed by atoms with Crippen LogP contribution in [0.25, 0.3) is 0 Å². The molecule has 4 N–H and O–H groups in total. The fraction of sp³-hybridized carbons (Fsp3) is 0.214. The Kier molecular flexibility index (Phi) is 7.64. The lowest BCUT2D eigenvalue weighted by atomic mass is 9.87. The molecule has 10 heteroatoms. The van der Waals surface area contributed by atoms with Gasteiger partial charge in [0.05, 0.1) is 4.90 Å². The summed E-state index contributed by atoms with van der Waals surface area (Å²) < 4.78 is 41.2. The molecule has 0 saturated carbocycles. The highest BCUT2D eigenvalue weighted by molar-refractivity contribution is 7.89. The zero-order chi connectivity index (χ0) is 26.5. The van der Waals surface area contributed by atoms with Gasteiger partial charge in [-0.25, -0.2) is 17.8 Å². The van der Waals surface area contributed by atoms with Gasteiger partial charge in [-0.2, -0.15) is 9.29 Å². The van der Waals surface area contributed by atoms with E-state index in [1.165, 1.54) is 16.4 Å². The van der Waals surface area contributed by atoms with Crippen LogP contribution in [0.2, 0.25) is 0 Å². The van der Waals surface area contributed by atoms with Crippen LogP contribution in [0.3, 0.4) is 0 Å². The zero-order valence-corrected chi connectivity index (χ0v) is 21.5. The molecule has 196 valence electrons. The second kappa shape index (κ2) is 11.3. The summed E-state index contributed by atoms with van der Waals surface area (Å²) >= 11 is 0. The van der Waals surface area contributed by atoms with Gasteiger partial charge in [-0.15, -0.1) is 0 Å². The lowest BCUT2D eigenvalue weighted by Crippen LogP contribution is -2.40. The molecule has 0 bridgehead atoms. The molecule has 1 saturated heterocycles. The molecule has 1 aliphatic heterocycles. The second-order valence-corrected chi connectivity index (χ2v) is 11.2. The number of hydrogen-bond donors (Lipinski definition) is 3. The molecule has 8 nitrogen and oxygen atoms in total. The first-order valence-corrected chi connectivity index (χ1v) is 13.9. The summed E-state index contributed by atoms with van der Waals surface area (Å²) in [5.41, 5.74) is 8.89. The highest BCUT2D eigenvalue weighted by atomic mass is 32.2. The standard InChI is InChI=1S/C28H29FN6O2S/c29-22-6-8-23(9-7-22)32-26-14-17-31-28(34-26)33-24-10-12-25(13-11-24)38(36,37)35-18-15-21(16-19-35)27(30)20-4-2-1-3-5-20/h1-14,17,21,27H,15-16,18-19,30H2,(H2,31,32,33,34)/t27-/m0/s1. The third-order valence-electron chi connectivity index (χ3n) is 6.71. The van der Waals surface area contributed by atoms with E-state index in [9.17, 15) is 12.8 Å². The summed E-state index contributed by atoms with van der Waals surface area (Å²) in [6, 6.07) is 24.0. The van der Waals surface area contributed by atoms with Gasteiger partial charge in [-0.3, -0.25) is 0 Å². The Labute approximate surface area is 221 Å². The fourth-order valence-corrected chi connectivity index (χ4v) is 6.05. The summed E-state index contributed by atoms with van der Waals surface area (Å²) in [7, 11) is -3.61. The van der Waals surface area contributed by atoms with Crippen LogP contribution in [-0.2, 0) is 10.0 Å². The van der Waals surface area contributed by atoms with Crippen LogP contribution in [0.1, 0.15) is 24.4 Å². The van der Waals surface area contributed by atoms with Gasteiger partial charge in [-0.1, -0.05) is 30.3 Å². The number of nitrogens with zero attached hydrogens (tertiary/aromatic N) is 3. The Morgan fingerprint density at radius 3 is 2.18 bits per heavy atom. The molecule has 5 rings (SSSR count). The van der Waals surface area contributed by atoms with Gasteiger partial charge in [0.15, 0.2) is 0 Å². The third-order valence-corrected chi connectivity index (χ3v) is 8.62. The average molecular weight is 533 g/mol. The lowest BCUT2D eigenvalue weighted by molar-refractivity contribution is 0.245. The topological polar surface area (TPSA) is 113 Å². The molecule has 1 atom stereocenters. The van der Waals surface area contributed by atoms with Crippen molar-refractivity contribution in [2.75, 3.05) is 23.7 Å². The van der Waals surface area contributed by atoms with Gasteiger partial charge in [0.25, 0.3) is 0 Å². The van der Waals surface area contributed by atoms with Crippen molar-refractivity contribution in [1.82, 2.24) is 14.3 Å². The maximum absolute atomic E-state index is 13.3. The van der Waals surface area contributed by atoms with E-state index < -0.39 is 10.0 Å². The van der Waals surface area contributed by atoms with E-state index in [-0.39, 0.29) is 22.7 Å².